The number of rotatable bonds is 5. The van der Waals surface area contributed by atoms with Gasteiger partial charge in [0.2, 0.25) is 5.91 Å². The van der Waals surface area contributed by atoms with Gasteiger partial charge in [-0.15, -0.1) is 11.8 Å². The van der Waals surface area contributed by atoms with Crippen LogP contribution < -0.4 is 5.32 Å². The third-order valence-corrected chi connectivity index (χ3v) is 5.64. The molecule has 0 saturated carbocycles. The summed E-state index contributed by atoms with van der Waals surface area (Å²) in [5.41, 5.74) is 4.44. The Bertz CT molecular complexity index is 964. The van der Waals surface area contributed by atoms with Crippen molar-refractivity contribution in [3.63, 3.8) is 0 Å². The number of hydrogen-bond donors (Lipinski definition) is 1. The third kappa shape index (κ3) is 3.46. The van der Waals surface area contributed by atoms with Gasteiger partial charge in [-0.1, -0.05) is 6.07 Å². The van der Waals surface area contributed by atoms with Crippen LogP contribution in [-0.4, -0.2) is 26.4 Å². The fourth-order valence-electron chi connectivity index (χ4n) is 3.37. The molecule has 0 fully saturated rings. The van der Waals surface area contributed by atoms with E-state index in [2.05, 4.69) is 47.4 Å². The topological polar surface area (TPSA) is 59.8 Å². The highest BCUT2D eigenvalue weighted by atomic mass is 32.2. The molecular weight excluding hydrogens is 344 g/mol. The van der Waals surface area contributed by atoms with Gasteiger partial charge < -0.3 is 5.32 Å². The Hall–Kier alpha value is -2.34. The number of aromatic nitrogens is 3. The van der Waals surface area contributed by atoms with Crippen LogP contribution in [-0.2, 0) is 17.6 Å². The first-order chi connectivity index (χ1) is 12.6. The number of nitrogens with one attached hydrogen (secondary N) is 1. The van der Waals surface area contributed by atoms with Crippen molar-refractivity contribution in [2.45, 2.75) is 44.0 Å². The van der Waals surface area contributed by atoms with Gasteiger partial charge in [0.15, 0.2) is 5.65 Å². The van der Waals surface area contributed by atoms with E-state index in [0.29, 0.717) is 11.4 Å². The summed E-state index contributed by atoms with van der Waals surface area (Å²) >= 11 is 1.58. The molecule has 1 aliphatic rings. The molecule has 1 N–H and O–H groups in total. The summed E-state index contributed by atoms with van der Waals surface area (Å²) in [5.74, 6) is 0.370. The van der Waals surface area contributed by atoms with Crippen molar-refractivity contribution >= 4 is 34.4 Å². The molecule has 6 heteroatoms. The molecule has 2 aromatic heterocycles. The molecule has 0 aliphatic heterocycles. The van der Waals surface area contributed by atoms with Crippen molar-refractivity contribution in [3.05, 3.63) is 47.8 Å². The maximum Gasteiger partial charge on any atom is 0.234 e. The number of nitrogens with zero attached hydrogens (tertiary/aromatic N) is 3. The molecule has 0 radical (unpaired) electrons. The Morgan fingerprint density at radius 1 is 1.23 bits per heavy atom. The molecular formula is C20H22N4OS. The van der Waals surface area contributed by atoms with Crippen molar-refractivity contribution in [1.29, 1.82) is 0 Å². The molecule has 0 atom stereocenters. The quantitative estimate of drug-likeness (QED) is 0.687. The van der Waals surface area contributed by atoms with Crippen LogP contribution in [0.3, 0.4) is 0 Å². The second-order valence-corrected chi connectivity index (χ2v) is 7.99. The summed E-state index contributed by atoms with van der Waals surface area (Å²) in [5, 5.41) is 8.23. The molecule has 26 heavy (non-hydrogen) atoms. The number of fused-ring (bicyclic) bond motifs is 2. The van der Waals surface area contributed by atoms with E-state index in [1.54, 1.807) is 24.2 Å². The number of hydrogen-bond acceptors (Lipinski definition) is 4. The molecule has 3 aromatic rings. The second-order valence-electron chi connectivity index (χ2n) is 6.94. The number of thioether (sulfide) groups is 1. The van der Waals surface area contributed by atoms with E-state index < -0.39 is 0 Å². The fourth-order valence-corrected chi connectivity index (χ4v) is 4.13. The Morgan fingerprint density at radius 3 is 2.92 bits per heavy atom. The Balaban J connectivity index is 1.39. The number of amides is 1. The van der Waals surface area contributed by atoms with Crippen LogP contribution in [0.5, 0.6) is 0 Å². The first-order valence-corrected chi connectivity index (χ1v) is 9.96. The van der Waals surface area contributed by atoms with Crippen LogP contribution in [0.2, 0.25) is 0 Å². The first kappa shape index (κ1) is 17.1. The third-order valence-electron chi connectivity index (χ3n) is 4.65. The zero-order chi connectivity index (χ0) is 18.1. The fraction of sp³-hybridized carbons (Fsp3) is 0.350. The van der Waals surface area contributed by atoms with E-state index in [4.69, 9.17) is 0 Å². The van der Waals surface area contributed by atoms with Crippen LogP contribution in [0.25, 0.3) is 11.0 Å². The van der Waals surface area contributed by atoms with Gasteiger partial charge >= 0.3 is 0 Å². The molecule has 1 amide bonds. The van der Waals surface area contributed by atoms with Gasteiger partial charge in [-0.2, -0.15) is 5.10 Å². The SMILES string of the molecule is CC(C)n1ncc2cc(NC(=O)CSc3ccc4c(c3)CCC4)cnc21. The van der Waals surface area contributed by atoms with Gasteiger partial charge in [0, 0.05) is 16.3 Å². The molecule has 0 bridgehead atoms. The highest BCUT2D eigenvalue weighted by molar-refractivity contribution is 8.00. The standard InChI is InChI=1S/C20H22N4OS/c1-13(2)24-20-16(10-22-24)8-17(11-21-20)23-19(25)12-26-18-7-6-14-4-3-5-15(14)9-18/h6-11,13H,3-5,12H2,1-2H3,(H,23,25). The minimum Gasteiger partial charge on any atom is -0.324 e. The lowest BCUT2D eigenvalue weighted by atomic mass is 10.1. The van der Waals surface area contributed by atoms with Crippen molar-refractivity contribution in [2.24, 2.45) is 0 Å². The summed E-state index contributed by atoms with van der Waals surface area (Å²) in [6, 6.07) is 8.73. The lowest BCUT2D eigenvalue weighted by molar-refractivity contribution is -0.113. The van der Waals surface area contributed by atoms with Gasteiger partial charge in [0.25, 0.3) is 0 Å². The first-order valence-electron chi connectivity index (χ1n) is 8.98. The lowest BCUT2D eigenvalue weighted by Gasteiger charge is -2.08. The Kier molecular flexibility index (Phi) is 4.68. The number of benzene rings is 1. The van der Waals surface area contributed by atoms with Gasteiger partial charge in [0.1, 0.15) is 0 Å². The van der Waals surface area contributed by atoms with Crippen LogP contribution in [0, 0.1) is 0 Å². The van der Waals surface area contributed by atoms with Crippen LogP contribution in [0.4, 0.5) is 5.69 Å². The van der Waals surface area contributed by atoms with Crippen molar-refractivity contribution in [3.8, 4) is 0 Å². The molecule has 2 heterocycles. The van der Waals surface area contributed by atoms with Crippen molar-refractivity contribution in [1.82, 2.24) is 14.8 Å². The number of carbonyl (C=O) groups excluding carboxylic acids is 1. The Morgan fingerprint density at radius 2 is 2.08 bits per heavy atom. The van der Waals surface area contributed by atoms with Gasteiger partial charge in [-0.05, 0) is 62.4 Å². The predicted molar refractivity (Wildman–Crippen MR) is 106 cm³/mol. The summed E-state index contributed by atoms with van der Waals surface area (Å²) in [7, 11) is 0. The maximum atomic E-state index is 12.3. The van der Waals surface area contributed by atoms with Crippen LogP contribution in [0.15, 0.2) is 41.6 Å². The highest BCUT2D eigenvalue weighted by Crippen LogP contribution is 2.27. The minimum absolute atomic E-state index is 0.0205. The van der Waals surface area contributed by atoms with Crippen LogP contribution >= 0.6 is 11.8 Å². The second kappa shape index (κ2) is 7.11. The zero-order valence-corrected chi connectivity index (χ0v) is 15.8. The van der Waals surface area contributed by atoms with Crippen LogP contribution in [0.1, 0.15) is 37.4 Å². The molecule has 0 saturated heterocycles. The van der Waals surface area contributed by atoms with E-state index in [1.165, 1.54) is 24.0 Å². The van der Waals surface area contributed by atoms with Gasteiger partial charge in [-0.25, -0.2) is 9.67 Å². The minimum atomic E-state index is -0.0205. The van der Waals surface area contributed by atoms with E-state index in [9.17, 15) is 4.79 Å². The van der Waals surface area contributed by atoms with E-state index in [1.807, 2.05) is 10.7 Å². The smallest absolute Gasteiger partial charge is 0.234 e. The molecule has 1 aliphatic carbocycles. The highest BCUT2D eigenvalue weighted by Gasteiger charge is 2.12. The lowest BCUT2D eigenvalue weighted by Crippen LogP contribution is -2.14. The molecule has 4 rings (SSSR count). The maximum absolute atomic E-state index is 12.3. The number of pyridine rings is 1. The summed E-state index contributed by atoms with van der Waals surface area (Å²) in [6.45, 7) is 4.14. The molecule has 134 valence electrons. The monoisotopic (exact) mass is 366 g/mol. The number of aryl methyl sites for hydroxylation is 2. The molecule has 0 unspecified atom stereocenters. The molecule has 0 spiro atoms. The van der Waals surface area contributed by atoms with Crippen molar-refractivity contribution < 1.29 is 4.79 Å². The number of carbonyl (C=O) groups is 1. The normalized spacial score (nSPS) is 13.3. The van der Waals surface area contributed by atoms with E-state index in [0.717, 1.165) is 22.3 Å². The van der Waals surface area contributed by atoms with E-state index >= 15 is 0 Å². The number of anilines is 1. The average molecular weight is 366 g/mol. The average Bonchev–Trinajstić information content (AvgIpc) is 3.25. The Labute approximate surface area is 157 Å². The van der Waals surface area contributed by atoms with Gasteiger partial charge in [-0.3, -0.25) is 4.79 Å². The molecule has 1 aromatic carbocycles. The largest absolute Gasteiger partial charge is 0.324 e. The summed E-state index contributed by atoms with van der Waals surface area (Å²) < 4.78 is 1.88. The molecule has 5 nitrogen and oxygen atoms in total. The summed E-state index contributed by atoms with van der Waals surface area (Å²) in [6.07, 6.45) is 7.07. The van der Waals surface area contributed by atoms with Crippen molar-refractivity contribution in [2.75, 3.05) is 11.1 Å². The van der Waals surface area contributed by atoms with E-state index in [-0.39, 0.29) is 11.9 Å². The van der Waals surface area contributed by atoms with Gasteiger partial charge in [0.05, 0.1) is 23.8 Å². The summed E-state index contributed by atoms with van der Waals surface area (Å²) in [4.78, 5) is 17.9. The predicted octanol–water partition coefficient (Wildman–Crippen LogP) is 4.23. The zero-order valence-electron chi connectivity index (χ0n) is 15.0.